The molecule has 0 aliphatic heterocycles. The number of nitrogens with zero attached hydrogens (tertiary/aromatic N) is 1. The van der Waals surface area contributed by atoms with E-state index in [-0.39, 0.29) is 0 Å². The van der Waals surface area contributed by atoms with Crippen molar-refractivity contribution in [3.05, 3.63) is 52.1 Å². The number of aryl methyl sites for hydroxylation is 2. The summed E-state index contributed by atoms with van der Waals surface area (Å²) in [6.45, 7) is 0. The van der Waals surface area contributed by atoms with Crippen LogP contribution in [0.15, 0.2) is 50.9 Å². The van der Waals surface area contributed by atoms with Crippen molar-refractivity contribution in [1.82, 2.24) is 4.98 Å². The lowest BCUT2D eigenvalue weighted by Crippen LogP contribution is -1.84. The lowest BCUT2D eigenvalue weighted by Gasteiger charge is -2.04. The second kappa shape index (κ2) is 4.83. The molecule has 0 saturated heterocycles. The first-order valence-corrected chi connectivity index (χ1v) is 7.33. The molecule has 1 aliphatic carbocycles. The van der Waals surface area contributed by atoms with Crippen LogP contribution in [0.2, 0.25) is 0 Å². The SMILES string of the molecule is Brc1ccc(Sc2ccc3c(c2)CCC3)nc1. The molecular weight excluding hydrogens is 294 g/mol. The van der Waals surface area contributed by atoms with Gasteiger partial charge in [-0.1, -0.05) is 17.8 Å². The summed E-state index contributed by atoms with van der Waals surface area (Å²) in [5.74, 6) is 0. The van der Waals surface area contributed by atoms with E-state index in [9.17, 15) is 0 Å². The van der Waals surface area contributed by atoms with Crippen LogP contribution in [0.4, 0.5) is 0 Å². The second-order valence-corrected chi connectivity index (χ2v) is 6.21. The van der Waals surface area contributed by atoms with Gasteiger partial charge in [-0.15, -0.1) is 0 Å². The summed E-state index contributed by atoms with van der Waals surface area (Å²) >= 11 is 5.13. The maximum absolute atomic E-state index is 4.38. The van der Waals surface area contributed by atoms with Crippen molar-refractivity contribution in [2.45, 2.75) is 29.2 Å². The summed E-state index contributed by atoms with van der Waals surface area (Å²) in [5.41, 5.74) is 3.05. The standard InChI is InChI=1S/C14H12BrNS/c15-12-5-7-14(16-9-12)17-13-6-4-10-2-1-3-11(10)8-13/h4-9H,1-3H2. The van der Waals surface area contributed by atoms with E-state index < -0.39 is 0 Å². The van der Waals surface area contributed by atoms with Gasteiger partial charge < -0.3 is 0 Å². The first-order valence-electron chi connectivity index (χ1n) is 5.72. The van der Waals surface area contributed by atoms with Crippen molar-refractivity contribution in [3.8, 4) is 0 Å². The molecule has 0 spiro atoms. The van der Waals surface area contributed by atoms with Crippen LogP contribution in [0, 0.1) is 0 Å². The van der Waals surface area contributed by atoms with Crippen LogP contribution in [-0.2, 0) is 12.8 Å². The van der Waals surface area contributed by atoms with Gasteiger partial charge in [-0.2, -0.15) is 0 Å². The van der Waals surface area contributed by atoms with E-state index in [1.165, 1.54) is 35.3 Å². The molecule has 0 bridgehead atoms. The average Bonchev–Trinajstić information content (AvgIpc) is 2.79. The van der Waals surface area contributed by atoms with Gasteiger partial charge in [-0.05, 0) is 70.6 Å². The van der Waals surface area contributed by atoms with E-state index in [0.29, 0.717) is 0 Å². The van der Waals surface area contributed by atoms with E-state index in [1.54, 1.807) is 11.8 Å². The van der Waals surface area contributed by atoms with Crippen LogP contribution in [0.3, 0.4) is 0 Å². The minimum atomic E-state index is 1.02. The first kappa shape index (κ1) is 11.3. The number of hydrogen-bond acceptors (Lipinski definition) is 2. The molecule has 1 aromatic heterocycles. The van der Waals surface area contributed by atoms with Crippen molar-refractivity contribution in [2.75, 3.05) is 0 Å². The monoisotopic (exact) mass is 305 g/mol. The van der Waals surface area contributed by atoms with Crippen LogP contribution in [-0.4, -0.2) is 4.98 Å². The van der Waals surface area contributed by atoms with Gasteiger partial charge in [0.2, 0.25) is 0 Å². The normalized spacial score (nSPS) is 13.7. The van der Waals surface area contributed by atoms with Crippen LogP contribution >= 0.6 is 27.7 Å². The Balaban J connectivity index is 1.83. The van der Waals surface area contributed by atoms with Gasteiger partial charge in [0.05, 0.1) is 0 Å². The largest absolute Gasteiger partial charge is 0.248 e. The van der Waals surface area contributed by atoms with Crippen LogP contribution < -0.4 is 0 Å². The quantitative estimate of drug-likeness (QED) is 0.811. The van der Waals surface area contributed by atoms with Gasteiger partial charge >= 0.3 is 0 Å². The summed E-state index contributed by atoms with van der Waals surface area (Å²) in [4.78, 5) is 5.68. The van der Waals surface area contributed by atoms with E-state index in [2.05, 4.69) is 39.1 Å². The molecule has 0 saturated carbocycles. The topological polar surface area (TPSA) is 12.9 Å². The van der Waals surface area contributed by atoms with Gasteiger partial charge in [0.25, 0.3) is 0 Å². The number of pyridine rings is 1. The molecule has 0 amide bonds. The number of halogens is 1. The van der Waals surface area contributed by atoms with Gasteiger partial charge in [0, 0.05) is 15.6 Å². The third-order valence-corrected chi connectivity index (χ3v) is 4.40. The van der Waals surface area contributed by atoms with E-state index in [0.717, 1.165) is 9.50 Å². The lowest BCUT2D eigenvalue weighted by atomic mass is 10.1. The predicted octanol–water partition coefficient (Wildman–Crippen LogP) is 4.48. The highest BCUT2D eigenvalue weighted by molar-refractivity contribution is 9.10. The minimum absolute atomic E-state index is 1.02. The van der Waals surface area contributed by atoms with E-state index in [4.69, 9.17) is 0 Å². The van der Waals surface area contributed by atoms with E-state index >= 15 is 0 Å². The third kappa shape index (κ3) is 2.55. The number of aromatic nitrogens is 1. The molecule has 0 radical (unpaired) electrons. The van der Waals surface area contributed by atoms with Crippen molar-refractivity contribution in [3.63, 3.8) is 0 Å². The summed E-state index contributed by atoms with van der Waals surface area (Å²) in [6.07, 6.45) is 5.63. The zero-order valence-corrected chi connectivity index (χ0v) is 11.7. The maximum Gasteiger partial charge on any atom is 0.101 e. The summed E-state index contributed by atoms with van der Waals surface area (Å²) < 4.78 is 1.02. The summed E-state index contributed by atoms with van der Waals surface area (Å²) in [6, 6.07) is 10.9. The third-order valence-electron chi connectivity index (χ3n) is 2.99. The average molecular weight is 306 g/mol. The van der Waals surface area contributed by atoms with Crippen molar-refractivity contribution < 1.29 is 0 Å². The zero-order chi connectivity index (χ0) is 11.7. The maximum atomic E-state index is 4.38. The Morgan fingerprint density at radius 1 is 1.06 bits per heavy atom. The molecule has 2 aromatic rings. The molecule has 0 unspecified atom stereocenters. The highest BCUT2D eigenvalue weighted by Gasteiger charge is 2.11. The number of rotatable bonds is 2. The summed E-state index contributed by atoms with van der Waals surface area (Å²) in [7, 11) is 0. The molecular formula is C14H12BrNS. The predicted molar refractivity (Wildman–Crippen MR) is 74.5 cm³/mol. The molecule has 1 nitrogen and oxygen atoms in total. The van der Waals surface area contributed by atoms with E-state index in [1.807, 2.05) is 18.3 Å². The fraction of sp³-hybridized carbons (Fsp3) is 0.214. The van der Waals surface area contributed by atoms with Crippen LogP contribution in [0.1, 0.15) is 17.5 Å². The molecule has 1 heterocycles. The first-order chi connectivity index (χ1) is 8.31. The van der Waals surface area contributed by atoms with Gasteiger partial charge in [-0.25, -0.2) is 4.98 Å². The Morgan fingerprint density at radius 3 is 2.76 bits per heavy atom. The number of hydrogen-bond donors (Lipinski definition) is 0. The Hall–Kier alpha value is -0.800. The summed E-state index contributed by atoms with van der Waals surface area (Å²) in [5, 5.41) is 1.05. The Labute approximate surface area is 114 Å². The highest BCUT2D eigenvalue weighted by atomic mass is 79.9. The minimum Gasteiger partial charge on any atom is -0.248 e. The smallest absolute Gasteiger partial charge is 0.101 e. The Kier molecular flexibility index (Phi) is 3.21. The molecule has 0 atom stereocenters. The molecule has 0 N–H and O–H groups in total. The lowest BCUT2D eigenvalue weighted by molar-refractivity contribution is 0.911. The van der Waals surface area contributed by atoms with Crippen molar-refractivity contribution in [2.24, 2.45) is 0 Å². The van der Waals surface area contributed by atoms with Gasteiger partial charge in [0.15, 0.2) is 0 Å². The molecule has 0 fully saturated rings. The highest BCUT2D eigenvalue weighted by Crippen LogP contribution is 2.31. The van der Waals surface area contributed by atoms with Crippen LogP contribution in [0.5, 0.6) is 0 Å². The van der Waals surface area contributed by atoms with Gasteiger partial charge in [0.1, 0.15) is 5.03 Å². The molecule has 86 valence electrons. The Morgan fingerprint density at radius 2 is 1.94 bits per heavy atom. The van der Waals surface area contributed by atoms with Crippen LogP contribution in [0.25, 0.3) is 0 Å². The second-order valence-electron chi connectivity index (χ2n) is 4.20. The fourth-order valence-electron chi connectivity index (χ4n) is 2.16. The molecule has 1 aliphatic rings. The van der Waals surface area contributed by atoms with Crippen molar-refractivity contribution >= 4 is 27.7 Å². The van der Waals surface area contributed by atoms with Crippen molar-refractivity contribution in [1.29, 1.82) is 0 Å². The molecule has 3 rings (SSSR count). The van der Waals surface area contributed by atoms with Gasteiger partial charge in [-0.3, -0.25) is 0 Å². The Bertz CT molecular complexity index is 536. The number of benzene rings is 1. The molecule has 17 heavy (non-hydrogen) atoms. The zero-order valence-electron chi connectivity index (χ0n) is 9.32. The fourth-order valence-corrected chi connectivity index (χ4v) is 3.21. The molecule has 1 aromatic carbocycles. The molecule has 3 heteroatoms. The number of fused-ring (bicyclic) bond motifs is 1.